The molecule has 166 valence electrons. The van der Waals surface area contributed by atoms with Crippen molar-refractivity contribution in [3.63, 3.8) is 0 Å². The number of rotatable bonds is 6. The highest BCUT2D eigenvalue weighted by molar-refractivity contribution is 9.10. The number of benzene rings is 2. The van der Waals surface area contributed by atoms with Gasteiger partial charge in [0.05, 0.1) is 17.9 Å². The quantitative estimate of drug-likeness (QED) is 0.455. The van der Waals surface area contributed by atoms with Gasteiger partial charge in [-0.15, -0.1) is 0 Å². The number of hydrogen-bond donors (Lipinski definition) is 3. The maximum Gasteiger partial charge on any atom is 0.258 e. The number of β-amino-alcohol motifs (C(OH)–C–C–N with tert-alkyl or cyclic N) is 1. The summed E-state index contributed by atoms with van der Waals surface area (Å²) in [5.41, 5.74) is 8.70. The van der Waals surface area contributed by atoms with Crippen LogP contribution >= 0.6 is 15.9 Å². The van der Waals surface area contributed by atoms with Crippen LogP contribution < -0.4 is 5.73 Å². The maximum atomic E-state index is 13.6. The second-order valence-electron chi connectivity index (χ2n) is 7.72. The first-order valence-corrected chi connectivity index (χ1v) is 11.3. The molecule has 0 saturated carbocycles. The third-order valence-corrected chi connectivity index (χ3v) is 6.24. The molecule has 1 fully saturated rings. The summed E-state index contributed by atoms with van der Waals surface area (Å²) in [5, 5.41) is 9.16. The minimum atomic E-state index is -0.220. The molecule has 1 aliphatic rings. The van der Waals surface area contributed by atoms with Gasteiger partial charge in [0.15, 0.2) is 0 Å². The zero-order valence-electron chi connectivity index (χ0n) is 17.6. The monoisotopic (exact) mass is 496 g/mol. The summed E-state index contributed by atoms with van der Waals surface area (Å²) in [4.78, 5) is 33.8. The molecular weight excluding hydrogens is 472 g/mol. The molecule has 0 atom stereocenters. The molecule has 32 heavy (non-hydrogen) atoms. The first-order chi connectivity index (χ1) is 15.5. The van der Waals surface area contributed by atoms with Crippen molar-refractivity contribution < 1.29 is 14.7 Å². The molecule has 8 heteroatoms. The number of amides is 1. The fraction of sp³-hybridized carbons (Fsp3) is 0.250. The molecule has 0 unspecified atom stereocenters. The fourth-order valence-corrected chi connectivity index (χ4v) is 4.29. The summed E-state index contributed by atoms with van der Waals surface area (Å²) in [6, 6.07) is 16.4. The molecule has 0 spiro atoms. The van der Waals surface area contributed by atoms with Gasteiger partial charge in [0.1, 0.15) is 5.82 Å². The number of aliphatic hydroxyl groups excluding tert-OH is 1. The van der Waals surface area contributed by atoms with Crippen molar-refractivity contribution in [3.05, 3.63) is 75.9 Å². The zero-order valence-corrected chi connectivity index (χ0v) is 19.1. The Kier molecular flexibility index (Phi) is 6.74. The van der Waals surface area contributed by atoms with E-state index >= 15 is 0 Å². The summed E-state index contributed by atoms with van der Waals surface area (Å²) in [5.74, 6) is -0.237. The Bertz CT molecular complexity index is 1100. The van der Waals surface area contributed by atoms with E-state index in [2.05, 4.69) is 25.8 Å². The number of carbonyl (C=O) groups excluding carboxylic acids is 2. The molecule has 2 heterocycles. The molecular formula is C24H25BrN4O3. The normalized spacial score (nSPS) is 14.5. The Morgan fingerprint density at radius 3 is 2.28 bits per heavy atom. The number of piperazine rings is 1. The first-order valence-electron chi connectivity index (χ1n) is 10.5. The van der Waals surface area contributed by atoms with Crippen LogP contribution in [0, 0.1) is 0 Å². The van der Waals surface area contributed by atoms with E-state index < -0.39 is 0 Å². The summed E-state index contributed by atoms with van der Waals surface area (Å²) >= 11 is 3.44. The van der Waals surface area contributed by atoms with Crippen molar-refractivity contribution >= 4 is 33.4 Å². The van der Waals surface area contributed by atoms with E-state index in [1.807, 2.05) is 30.3 Å². The van der Waals surface area contributed by atoms with Gasteiger partial charge in [0, 0.05) is 48.3 Å². The second kappa shape index (κ2) is 9.68. The number of ketones is 1. The Labute approximate surface area is 195 Å². The van der Waals surface area contributed by atoms with Crippen LogP contribution in [0.1, 0.15) is 26.4 Å². The number of aromatic amines is 1. The van der Waals surface area contributed by atoms with E-state index in [-0.39, 0.29) is 24.1 Å². The molecule has 0 radical (unpaired) electrons. The van der Waals surface area contributed by atoms with Crippen LogP contribution in [0.25, 0.3) is 11.1 Å². The van der Waals surface area contributed by atoms with Gasteiger partial charge in [-0.25, -0.2) is 0 Å². The number of nitrogens with one attached hydrogen (secondary N) is 1. The first kappa shape index (κ1) is 22.3. The number of aromatic nitrogens is 1. The van der Waals surface area contributed by atoms with Crippen molar-refractivity contribution in [3.8, 4) is 11.1 Å². The molecule has 1 aromatic heterocycles. The largest absolute Gasteiger partial charge is 0.395 e. The van der Waals surface area contributed by atoms with Crippen LogP contribution in [0.2, 0.25) is 0 Å². The lowest BCUT2D eigenvalue weighted by Crippen LogP contribution is -2.49. The number of nitrogens with two attached hydrogens (primary N) is 1. The van der Waals surface area contributed by atoms with Crippen molar-refractivity contribution in [2.45, 2.75) is 0 Å². The average molecular weight is 497 g/mol. The van der Waals surface area contributed by atoms with E-state index in [1.165, 1.54) is 0 Å². The third-order valence-electron chi connectivity index (χ3n) is 5.71. The number of anilines is 1. The van der Waals surface area contributed by atoms with Crippen molar-refractivity contribution in [2.24, 2.45) is 0 Å². The van der Waals surface area contributed by atoms with Crippen molar-refractivity contribution in [1.82, 2.24) is 14.8 Å². The van der Waals surface area contributed by atoms with Crippen LogP contribution in [0.15, 0.2) is 59.1 Å². The van der Waals surface area contributed by atoms with Gasteiger partial charge in [0.2, 0.25) is 5.78 Å². The molecule has 7 nitrogen and oxygen atoms in total. The lowest BCUT2D eigenvalue weighted by atomic mass is 9.96. The average Bonchev–Trinajstić information content (AvgIpc) is 3.17. The Hall–Kier alpha value is -2.94. The van der Waals surface area contributed by atoms with Crippen LogP contribution in [-0.4, -0.2) is 70.9 Å². The third kappa shape index (κ3) is 4.48. The molecule has 1 aliphatic heterocycles. The van der Waals surface area contributed by atoms with E-state index in [0.29, 0.717) is 55.1 Å². The highest BCUT2D eigenvalue weighted by Crippen LogP contribution is 2.35. The number of halogens is 1. The van der Waals surface area contributed by atoms with Crippen molar-refractivity contribution in [1.29, 1.82) is 0 Å². The minimum absolute atomic E-state index is 0.0946. The van der Waals surface area contributed by atoms with Crippen LogP contribution in [-0.2, 0) is 0 Å². The number of aliphatic hydroxyl groups is 1. The second-order valence-corrected chi connectivity index (χ2v) is 8.64. The van der Waals surface area contributed by atoms with Gasteiger partial charge >= 0.3 is 0 Å². The van der Waals surface area contributed by atoms with E-state index in [0.717, 1.165) is 10.0 Å². The number of hydrogen-bond acceptors (Lipinski definition) is 5. The fourth-order valence-electron chi connectivity index (χ4n) is 4.02. The summed E-state index contributed by atoms with van der Waals surface area (Å²) < 4.78 is 0.897. The molecule has 4 rings (SSSR count). The standard InChI is InChI=1S/C24H25BrN4O3/c25-18-8-6-16(7-9-18)19-20(24(32)29-12-10-28(11-13-29)14-15-30)23(26)27-21(19)22(31)17-4-2-1-3-5-17/h1-9,27,30H,10-15,26H2. The van der Waals surface area contributed by atoms with Gasteiger partial charge in [-0.05, 0) is 17.7 Å². The van der Waals surface area contributed by atoms with E-state index in [1.54, 1.807) is 29.2 Å². The lowest BCUT2D eigenvalue weighted by molar-refractivity contribution is 0.0617. The summed E-state index contributed by atoms with van der Waals surface area (Å²) in [7, 11) is 0. The van der Waals surface area contributed by atoms with Gasteiger partial charge in [-0.3, -0.25) is 14.5 Å². The van der Waals surface area contributed by atoms with Crippen molar-refractivity contribution in [2.75, 3.05) is 45.1 Å². The number of carbonyl (C=O) groups is 2. The van der Waals surface area contributed by atoms with Crippen LogP contribution in [0.5, 0.6) is 0 Å². The molecule has 2 aromatic carbocycles. The van der Waals surface area contributed by atoms with E-state index in [9.17, 15) is 9.59 Å². The number of nitrogens with zero attached hydrogens (tertiary/aromatic N) is 2. The van der Waals surface area contributed by atoms with Gasteiger partial charge in [-0.2, -0.15) is 0 Å². The Morgan fingerprint density at radius 1 is 1.00 bits per heavy atom. The Balaban J connectivity index is 1.75. The lowest BCUT2D eigenvalue weighted by Gasteiger charge is -2.34. The molecule has 4 N–H and O–H groups in total. The number of H-pyrrole nitrogens is 1. The summed E-state index contributed by atoms with van der Waals surface area (Å²) in [6.45, 7) is 3.11. The summed E-state index contributed by atoms with van der Waals surface area (Å²) in [6.07, 6.45) is 0. The smallest absolute Gasteiger partial charge is 0.258 e. The predicted molar refractivity (Wildman–Crippen MR) is 128 cm³/mol. The van der Waals surface area contributed by atoms with Gasteiger partial charge < -0.3 is 20.7 Å². The predicted octanol–water partition coefficient (Wildman–Crippen LogP) is 3.01. The van der Waals surface area contributed by atoms with Crippen LogP contribution in [0.4, 0.5) is 5.82 Å². The maximum absolute atomic E-state index is 13.6. The Morgan fingerprint density at radius 2 is 1.66 bits per heavy atom. The highest BCUT2D eigenvalue weighted by Gasteiger charge is 2.31. The van der Waals surface area contributed by atoms with Gasteiger partial charge in [-0.1, -0.05) is 58.4 Å². The number of nitrogen functional groups attached to an aromatic ring is 1. The molecule has 1 saturated heterocycles. The SMILES string of the molecule is Nc1[nH]c(C(=O)c2ccccc2)c(-c2ccc(Br)cc2)c1C(=O)N1CCN(CCO)CC1. The van der Waals surface area contributed by atoms with E-state index in [4.69, 9.17) is 10.8 Å². The topological polar surface area (TPSA) is 103 Å². The zero-order chi connectivity index (χ0) is 22.7. The minimum Gasteiger partial charge on any atom is -0.395 e. The molecule has 3 aromatic rings. The van der Waals surface area contributed by atoms with Crippen LogP contribution in [0.3, 0.4) is 0 Å². The highest BCUT2D eigenvalue weighted by atomic mass is 79.9. The molecule has 1 amide bonds. The van der Waals surface area contributed by atoms with Gasteiger partial charge in [0.25, 0.3) is 5.91 Å². The molecule has 0 aliphatic carbocycles. The molecule has 0 bridgehead atoms.